The number of hydrogen-bond acceptors (Lipinski definition) is 2. The molecular formula is C15H21NO3. The van der Waals surface area contributed by atoms with Crippen molar-refractivity contribution in [2.75, 3.05) is 0 Å². The van der Waals surface area contributed by atoms with Crippen LogP contribution in [0.3, 0.4) is 0 Å². The summed E-state index contributed by atoms with van der Waals surface area (Å²) in [5, 5.41) is 11.6. The zero-order valence-corrected chi connectivity index (χ0v) is 11.5. The average Bonchev–Trinajstić information content (AvgIpc) is 2.31. The highest BCUT2D eigenvalue weighted by Gasteiger charge is 2.15. The van der Waals surface area contributed by atoms with Crippen molar-refractivity contribution in [1.29, 1.82) is 0 Å². The first-order valence-corrected chi connectivity index (χ1v) is 6.58. The molecule has 1 unspecified atom stereocenters. The molecular weight excluding hydrogens is 242 g/mol. The number of amides is 1. The minimum Gasteiger partial charge on any atom is -0.481 e. The van der Waals surface area contributed by atoms with E-state index in [1.165, 1.54) is 0 Å². The summed E-state index contributed by atoms with van der Waals surface area (Å²) in [5.41, 5.74) is 2.05. The van der Waals surface area contributed by atoms with Crippen molar-refractivity contribution in [2.24, 2.45) is 0 Å². The predicted octanol–water partition coefficient (Wildman–Crippen LogP) is 2.30. The third-order valence-electron chi connectivity index (χ3n) is 3.04. The van der Waals surface area contributed by atoms with Crippen LogP contribution in [0.2, 0.25) is 0 Å². The molecule has 0 spiro atoms. The van der Waals surface area contributed by atoms with Crippen LogP contribution in [0.4, 0.5) is 0 Å². The van der Waals surface area contributed by atoms with E-state index in [0.29, 0.717) is 12.8 Å². The standard InChI is InChI=1S/C15H21NO3/c1-3-6-13(10-15(18)19)16-14(17)9-12-8-5-4-7-11(12)2/h4-5,7-8,13H,3,6,9-10H2,1-2H3,(H,16,17)(H,18,19). The van der Waals surface area contributed by atoms with Gasteiger partial charge in [-0.1, -0.05) is 37.6 Å². The number of aliphatic carboxylic acids is 1. The normalized spacial score (nSPS) is 11.9. The second kappa shape index (κ2) is 7.56. The van der Waals surface area contributed by atoms with E-state index in [1.807, 2.05) is 38.1 Å². The minimum atomic E-state index is -0.880. The first-order valence-electron chi connectivity index (χ1n) is 6.58. The largest absolute Gasteiger partial charge is 0.481 e. The molecule has 0 saturated carbocycles. The summed E-state index contributed by atoms with van der Waals surface area (Å²) in [6.45, 7) is 3.94. The zero-order chi connectivity index (χ0) is 14.3. The molecule has 1 aromatic carbocycles. The van der Waals surface area contributed by atoms with E-state index < -0.39 is 5.97 Å². The first kappa shape index (κ1) is 15.2. The molecule has 0 heterocycles. The van der Waals surface area contributed by atoms with Gasteiger partial charge < -0.3 is 10.4 Å². The second-order valence-electron chi connectivity index (χ2n) is 4.75. The van der Waals surface area contributed by atoms with E-state index >= 15 is 0 Å². The van der Waals surface area contributed by atoms with Crippen LogP contribution in [-0.2, 0) is 16.0 Å². The first-order chi connectivity index (χ1) is 9.02. The van der Waals surface area contributed by atoms with Gasteiger partial charge in [0.2, 0.25) is 5.91 Å². The molecule has 0 aliphatic carbocycles. The van der Waals surface area contributed by atoms with Gasteiger partial charge in [-0.15, -0.1) is 0 Å². The van der Waals surface area contributed by atoms with Gasteiger partial charge >= 0.3 is 5.97 Å². The highest BCUT2D eigenvalue weighted by Crippen LogP contribution is 2.08. The fourth-order valence-electron chi connectivity index (χ4n) is 2.04. The quantitative estimate of drug-likeness (QED) is 0.793. The summed E-state index contributed by atoms with van der Waals surface area (Å²) >= 11 is 0. The van der Waals surface area contributed by atoms with Crippen molar-refractivity contribution in [1.82, 2.24) is 5.32 Å². The molecule has 4 nitrogen and oxygen atoms in total. The monoisotopic (exact) mass is 263 g/mol. The van der Waals surface area contributed by atoms with E-state index in [1.54, 1.807) is 0 Å². The summed E-state index contributed by atoms with van der Waals surface area (Å²) in [7, 11) is 0. The lowest BCUT2D eigenvalue weighted by molar-refractivity contribution is -0.137. The number of rotatable bonds is 7. The van der Waals surface area contributed by atoms with Crippen LogP contribution in [0, 0.1) is 6.92 Å². The molecule has 0 fully saturated rings. The van der Waals surface area contributed by atoms with E-state index in [9.17, 15) is 9.59 Å². The molecule has 19 heavy (non-hydrogen) atoms. The molecule has 0 radical (unpaired) electrons. The Hall–Kier alpha value is -1.84. The van der Waals surface area contributed by atoms with Crippen LogP contribution in [0.1, 0.15) is 37.3 Å². The van der Waals surface area contributed by atoms with Gasteiger partial charge in [0.05, 0.1) is 12.8 Å². The van der Waals surface area contributed by atoms with E-state index in [2.05, 4.69) is 5.32 Å². The van der Waals surface area contributed by atoms with Crippen molar-refractivity contribution in [3.05, 3.63) is 35.4 Å². The van der Waals surface area contributed by atoms with Gasteiger partial charge in [0, 0.05) is 6.04 Å². The highest BCUT2D eigenvalue weighted by molar-refractivity contribution is 5.80. The summed E-state index contributed by atoms with van der Waals surface area (Å²) in [4.78, 5) is 22.7. The SMILES string of the molecule is CCCC(CC(=O)O)NC(=O)Cc1ccccc1C. The Kier molecular flexibility index (Phi) is 6.06. The smallest absolute Gasteiger partial charge is 0.305 e. The number of hydrogen-bond donors (Lipinski definition) is 2. The summed E-state index contributed by atoms with van der Waals surface area (Å²) in [6, 6.07) is 7.43. The Balaban J connectivity index is 2.57. The molecule has 1 aromatic rings. The molecule has 0 aliphatic rings. The number of carbonyl (C=O) groups excluding carboxylic acids is 1. The van der Waals surface area contributed by atoms with Crippen molar-refractivity contribution in [3.8, 4) is 0 Å². The maximum Gasteiger partial charge on any atom is 0.305 e. The average molecular weight is 263 g/mol. The van der Waals surface area contributed by atoms with Crippen molar-refractivity contribution < 1.29 is 14.7 Å². The summed E-state index contributed by atoms with van der Waals surface area (Å²) in [6.07, 6.45) is 1.81. The molecule has 4 heteroatoms. The van der Waals surface area contributed by atoms with Crippen LogP contribution in [-0.4, -0.2) is 23.0 Å². The van der Waals surface area contributed by atoms with Crippen LogP contribution in [0.5, 0.6) is 0 Å². The minimum absolute atomic E-state index is 0.0205. The fourth-order valence-corrected chi connectivity index (χ4v) is 2.04. The third-order valence-corrected chi connectivity index (χ3v) is 3.04. The molecule has 2 N–H and O–H groups in total. The Labute approximate surface area is 113 Å². The Morgan fingerprint density at radius 3 is 2.58 bits per heavy atom. The van der Waals surface area contributed by atoms with Gasteiger partial charge in [-0.3, -0.25) is 9.59 Å². The van der Waals surface area contributed by atoms with E-state index in [0.717, 1.165) is 17.5 Å². The topological polar surface area (TPSA) is 66.4 Å². The van der Waals surface area contributed by atoms with Gasteiger partial charge in [-0.05, 0) is 24.5 Å². The number of benzene rings is 1. The molecule has 1 rings (SSSR count). The van der Waals surface area contributed by atoms with Gasteiger partial charge in [-0.25, -0.2) is 0 Å². The second-order valence-corrected chi connectivity index (χ2v) is 4.75. The summed E-state index contributed by atoms with van der Waals surface area (Å²) in [5.74, 6) is -0.997. The van der Waals surface area contributed by atoms with Crippen LogP contribution >= 0.6 is 0 Å². The maximum absolute atomic E-state index is 11.9. The van der Waals surface area contributed by atoms with Crippen molar-refractivity contribution in [3.63, 3.8) is 0 Å². The lowest BCUT2D eigenvalue weighted by atomic mass is 10.0. The van der Waals surface area contributed by atoms with Gasteiger partial charge in [-0.2, -0.15) is 0 Å². The number of nitrogens with one attached hydrogen (secondary N) is 1. The lowest BCUT2D eigenvalue weighted by Crippen LogP contribution is -2.37. The van der Waals surface area contributed by atoms with Crippen LogP contribution in [0.25, 0.3) is 0 Å². The lowest BCUT2D eigenvalue weighted by Gasteiger charge is -2.16. The fraction of sp³-hybridized carbons (Fsp3) is 0.467. The number of carboxylic acids is 1. The molecule has 0 aromatic heterocycles. The molecule has 0 saturated heterocycles. The molecule has 0 aliphatic heterocycles. The van der Waals surface area contributed by atoms with Crippen molar-refractivity contribution in [2.45, 2.75) is 45.6 Å². The Morgan fingerprint density at radius 1 is 1.32 bits per heavy atom. The van der Waals surface area contributed by atoms with Crippen molar-refractivity contribution >= 4 is 11.9 Å². The zero-order valence-electron chi connectivity index (χ0n) is 11.5. The third kappa shape index (κ3) is 5.55. The molecule has 0 bridgehead atoms. The number of carbonyl (C=O) groups is 2. The maximum atomic E-state index is 11.9. The molecule has 1 amide bonds. The van der Waals surface area contributed by atoms with Gasteiger partial charge in [0.15, 0.2) is 0 Å². The van der Waals surface area contributed by atoms with Gasteiger partial charge in [0.25, 0.3) is 0 Å². The Morgan fingerprint density at radius 2 is 2.00 bits per heavy atom. The number of carboxylic acid groups (broad SMARTS) is 1. The summed E-state index contributed by atoms with van der Waals surface area (Å²) < 4.78 is 0. The molecule has 1 atom stereocenters. The Bertz CT molecular complexity index is 443. The number of aryl methyl sites for hydroxylation is 1. The molecule has 104 valence electrons. The van der Waals surface area contributed by atoms with E-state index in [4.69, 9.17) is 5.11 Å². The van der Waals surface area contributed by atoms with Crippen LogP contribution < -0.4 is 5.32 Å². The van der Waals surface area contributed by atoms with Gasteiger partial charge in [0.1, 0.15) is 0 Å². The predicted molar refractivity (Wildman–Crippen MR) is 74.0 cm³/mol. The van der Waals surface area contributed by atoms with Crippen LogP contribution in [0.15, 0.2) is 24.3 Å². The highest BCUT2D eigenvalue weighted by atomic mass is 16.4. The van der Waals surface area contributed by atoms with E-state index in [-0.39, 0.29) is 18.4 Å².